The molecule has 29 heavy (non-hydrogen) atoms. The van der Waals surface area contributed by atoms with Crippen LogP contribution in [-0.2, 0) is 13.7 Å². The molecule has 0 aliphatic rings. The Labute approximate surface area is 178 Å². The van der Waals surface area contributed by atoms with Crippen molar-refractivity contribution >= 4 is 0 Å². The van der Waals surface area contributed by atoms with E-state index in [4.69, 9.17) is 9.84 Å². The lowest BCUT2D eigenvalue weighted by Gasteiger charge is -2.10. The number of aliphatic hydroxyl groups is 1. The molecule has 1 rings (SSSR count). The predicted octanol–water partition coefficient (Wildman–Crippen LogP) is 6.52. The number of ether oxygens (including phenoxy) is 1. The van der Waals surface area contributed by atoms with E-state index in [2.05, 4.69) is 6.92 Å². The Kier molecular flexibility index (Phi) is 15.6. The third kappa shape index (κ3) is 12.8. The Morgan fingerprint density at radius 1 is 0.793 bits per heavy atom. The van der Waals surface area contributed by atoms with E-state index in [0.717, 1.165) is 12.8 Å². The molecule has 0 aliphatic heterocycles. The largest absolute Gasteiger partial charge is 0.488 e. The first-order valence-electron chi connectivity index (χ1n) is 12.1. The summed E-state index contributed by atoms with van der Waals surface area (Å²) in [5.41, 5.74) is 0.452. The predicted molar refractivity (Wildman–Crippen MR) is 123 cm³/mol. The summed E-state index contributed by atoms with van der Waals surface area (Å²) >= 11 is 0. The SMILES string of the molecule is CCCCCCCCCCCCCCCCCCOc1cn(C)c(CO)cc1=O. The van der Waals surface area contributed by atoms with Crippen LogP contribution in [0, 0.1) is 0 Å². The number of aromatic nitrogens is 1. The molecule has 0 fully saturated rings. The average molecular weight is 408 g/mol. The van der Waals surface area contributed by atoms with Crippen LogP contribution < -0.4 is 10.2 Å². The van der Waals surface area contributed by atoms with Gasteiger partial charge in [0.15, 0.2) is 5.75 Å². The van der Waals surface area contributed by atoms with E-state index in [1.807, 2.05) is 7.05 Å². The minimum Gasteiger partial charge on any atom is -0.488 e. The summed E-state index contributed by atoms with van der Waals surface area (Å²) in [7, 11) is 1.81. The summed E-state index contributed by atoms with van der Waals surface area (Å²) in [6.07, 6.45) is 23.2. The van der Waals surface area contributed by atoms with E-state index >= 15 is 0 Å². The maximum Gasteiger partial charge on any atom is 0.223 e. The van der Waals surface area contributed by atoms with E-state index in [1.54, 1.807) is 10.8 Å². The van der Waals surface area contributed by atoms with Gasteiger partial charge in [0, 0.05) is 18.8 Å². The Morgan fingerprint density at radius 3 is 1.69 bits per heavy atom. The van der Waals surface area contributed by atoms with Gasteiger partial charge < -0.3 is 14.4 Å². The zero-order valence-corrected chi connectivity index (χ0v) is 19.1. The number of nitrogens with zero attached hydrogens (tertiary/aromatic N) is 1. The number of rotatable bonds is 19. The lowest BCUT2D eigenvalue weighted by atomic mass is 10.0. The molecule has 0 radical (unpaired) electrons. The maximum atomic E-state index is 11.9. The lowest BCUT2D eigenvalue weighted by Crippen LogP contribution is -2.14. The number of unbranched alkanes of at least 4 members (excludes halogenated alkanes) is 15. The van der Waals surface area contributed by atoms with Crippen molar-refractivity contribution in [1.29, 1.82) is 0 Å². The van der Waals surface area contributed by atoms with E-state index in [9.17, 15) is 4.79 Å². The Hall–Kier alpha value is -1.29. The van der Waals surface area contributed by atoms with Crippen LogP contribution in [-0.4, -0.2) is 16.3 Å². The summed E-state index contributed by atoms with van der Waals surface area (Å²) in [5.74, 6) is 0.380. The zero-order valence-electron chi connectivity index (χ0n) is 19.1. The van der Waals surface area contributed by atoms with Crippen LogP contribution in [0.4, 0.5) is 0 Å². The minimum atomic E-state index is -0.149. The highest BCUT2D eigenvalue weighted by molar-refractivity contribution is 5.21. The molecular formula is C25H45NO3. The minimum absolute atomic E-state index is 0.134. The van der Waals surface area contributed by atoms with Gasteiger partial charge in [0.2, 0.25) is 5.43 Å². The Bertz CT molecular complexity index is 568. The molecule has 168 valence electrons. The Balaban J connectivity index is 1.87. The molecule has 0 bridgehead atoms. The molecule has 0 amide bonds. The van der Waals surface area contributed by atoms with Crippen LogP contribution in [0.1, 0.15) is 115 Å². The van der Waals surface area contributed by atoms with Gasteiger partial charge in [-0.2, -0.15) is 0 Å². The highest BCUT2D eigenvalue weighted by Gasteiger charge is 2.04. The van der Waals surface area contributed by atoms with Crippen LogP contribution in [0.25, 0.3) is 0 Å². The smallest absolute Gasteiger partial charge is 0.223 e. The second-order valence-electron chi connectivity index (χ2n) is 8.41. The number of pyridine rings is 1. The highest BCUT2D eigenvalue weighted by Crippen LogP contribution is 2.14. The second-order valence-corrected chi connectivity index (χ2v) is 8.41. The van der Waals surface area contributed by atoms with Crippen LogP contribution >= 0.6 is 0 Å². The first kappa shape index (κ1) is 25.7. The molecule has 1 aromatic heterocycles. The van der Waals surface area contributed by atoms with Crippen LogP contribution in [0.15, 0.2) is 17.1 Å². The van der Waals surface area contributed by atoms with Crippen molar-refractivity contribution in [3.8, 4) is 5.75 Å². The summed E-state index contributed by atoms with van der Waals surface area (Å²) in [6, 6.07) is 1.45. The van der Waals surface area contributed by atoms with Crippen LogP contribution in [0.5, 0.6) is 5.75 Å². The fourth-order valence-corrected chi connectivity index (χ4v) is 3.74. The lowest BCUT2D eigenvalue weighted by molar-refractivity contribution is 0.268. The van der Waals surface area contributed by atoms with Crippen molar-refractivity contribution in [2.24, 2.45) is 7.05 Å². The third-order valence-corrected chi connectivity index (χ3v) is 5.72. The highest BCUT2D eigenvalue weighted by atomic mass is 16.5. The molecule has 0 saturated heterocycles. The van der Waals surface area contributed by atoms with Gasteiger partial charge in [0.25, 0.3) is 0 Å². The fourth-order valence-electron chi connectivity index (χ4n) is 3.74. The second kappa shape index (κ2) is 17.6. The first-order valence-corrected chi connectivity index (χ1v) is 12.1. The van der Waals surface area contributed by atoms with Gasteiger partial charge in [-0.1, -0.05) is 103 Å². The number of hydrogen-bond acceptors (Lipinski definition) is 3. The zero-order chi connectivity index (χ0) is 21.2. The summed E-state index contributed by atoms with van der Waals surface area (Å²) in [6.45, 7) is 2.73. The normalized spacial score (nSPS) is 11.1. The molecular weight excluding hydrogens is 362 g/mol. The molecule has 0 spiro atoms. The molecule has 0 aliphatic carbocycles. The average Bonchev–Trinajstić information content (AvgIpc) is 2.72. The van der Waals surface area contributed by atoms with Gasteiger partial charge in [0.05, 0.1) is 19.4 Å². The van der Waals surface area contributed by atoms with Gasteiger partial charge in [-0.3, -0.25) is 4.79 Å². The van der Waals surface area contributed by atoms with E-state index in [-0.39, 0.29) is 12.0 Å². The first-order chi connectivity index (χ1) is 14.2. The molecule has 1 aromatic rings. The van der Waals surface area contributed by atoms with Crippen LogP contribution in [0.2, 0.25) is 0 Å². The van der Waals surface area contributed by atoms with Gasteiger partial charge in [-0.05, 0) is 6.42 Å². The Morgan fingerprint density at radius 2 is 1.24 bits per heavy atom. The molecule has 1 N–H and O–H groups in total. The number of aryl methyl sites for hydroxylation is 1. The summed E-state index contributed by atoms with van der Waals surface area (Å²) in [4.78, 5) is 11.9. The molecule has 0 atom stereocenters. The molecule has 4 nitrogen and oxygen atoms in total. The van der Waals surface area contributed by atoms with Crippen molar-refractivity contribution < 1.29 is 9.84 Å². The summed E-state index contributed by atoms with van der Waals surface area (Å²) < 4.78 is 7.36. The van der Waals surface area contributed by atoms with Crippen molar-refractivity contribution in [3.63, 3.8) is 0 Å². The van der Waals surface area contributed by atoms with Crippen LogP contribution in [0.3, 0.4) is 0 Å². The van der Waals surface area contributed by atoms with Gasteiger partial charge in [-0.15, -0.1) is 0 Å². The molecule has 0 aromatic carbocycles. The third-order valence-electron chi connectivity index (χ3n) is 5.72. The van der Waals surface area contributed by atoms with Gasteiger partial charge >= 0.3 is 0 Å². The number of hydrogen-bond donors (Lipinski definition) is 1. The quantitative estimate of drug-likeness (QED) is 0.266. The standard InChI is InChI=1S/C25H45NO3/c1-3-4-5-6-7-8-9-10-11-12-13-14-15-16-17-18-19-29-25-21-26(2)23(22-27)20-24(25)28/h20-21,27H,3-19,22H2,1-2H3. The monoisotopic (exact) mass is 407 g/mol. The maximum absolute atomic E-state index is 11.9. The summed E-state index contributed by atoms with van der Waals surface area (Å²) in [5, 5.41) is 9.17. The molecule has 4 heteroatoms. The number of aliphatic hydroxyl groups excluding tert-OH is 1. The van der Waals surface area contributed by atoms with Gasteiger partial charge in [0.1, 0.15) is 0 Å². The van der Waals surface area contributed by atoms with Gasteiger partial charge in [-0.25, -0.2) is 0 Å². The van der Waals surface area contributed by atoms with Crippen molar-refractivity contribution in [2.75, 3.05) is 6.61 Å². The van der Waals surface area contributed by atoms with Crippen molar-refractivity contribution in [2.45, 2.75) is 116 Å². The van der Waals surface area contributed by atoms with E-state index < -0.39 is 0 Å². The van der Waals surface area contributed by atoms with E-state index in [0.29, 0.717) is 18.1 Å². The van der Waals surface area contributed by atoms with E-state index in [1.165, 1.54) is 96.0 Å². The topological polar surface area (TPSA) is 51.5 Å². The van der Waals surface area contributed by atoms with Crippen molar-refractivity contribution in [3.05, 3.63) is 28.2 Å². The molecule has 0 unspecified atom stereocenters. The molecule has 0 saturated carbocycles. The van der Waals surface area contributed by atoms with Crippen molar-refractivity contribution in [1.82, 2.24) is 4.57 Å². The molecule has 1 heterocycles. The fraction of sp³-hybridized carbons (Fsp3) is 0.800.